The van der Waals surface area contributed by atoms with Crippen LogP contribution in [0.5, 0.6) is 11.5 Å². The summed E-state index contributed by atoms with van der Waals surface area (Å²) >= 11 is 1.19. The topological polar surface area (TPSA) is 93.3 Å². The Kier molecular flexibility index (Phi) is 7.51. The largest absolute Gasteiger partial charge is 0.493 e. The Morgan fingerprint density at radius 3 is 2.57 bits per heavy atom. The molecule has 0 unspecified atom stereocenters. The van der Waals surface area contributed by atoms with E-state index in [0.717, 1.165) is 11.1 Å². The molecule has 3 aromatic rings. The van der Waals surface area contributed by atoms with Crippen molar-refractivity contribution in [1.82, 2.24) is 15.3 Å². The van der Waals surface area contributed by atoms with E-state index in [4.69, 9.17) is 9.47 Å². The van der Waals surface area contributed by atoms with Crippen LogP contribution in [0, 0.1) is 0 Å². The first-order valence-corrected chi connectivity index (χ1v) is 10.3. The smallest absolute Gasteiger partial charge is 0.252 e. The maximum Gasteiger partial charge on any atom is 0.252 e. The molecule has 0 saturated carbocycles. The number of hydrogen-bond acceptors (Lipinski definition) is 6. The lowest BCUT2D eigenvalue weighted by Crippen LogP contribution is -2.27. The number of ether oxygens (including phenoxy) is 2. The maximum absolute atomic E-state index is 12.2. The molecule has 0 atom stereocenters. The summed E-state index contributed by atoms with van der Waals surface area (Å²) in [6, 6.07) is 16.6. The quantitative estimate of drug-likeness (QED) is 0.405. The van der Waals surface area contributed by atoms with Gasteiger partial charge in [-0.3, -0.25) is 9.59 Å². The van der Waals surface area contributed by atoms with Crippen LogP contribution in [0.1, 0.15) is 5.56 Å². The number of benzene rings is 2. The normalized spacial score (nSPS) is 10.5. The van der Waals surface area contributed by atoms with Crippen LogP contribution < -0.4 is 20.3 Å². The van der Waals surface area contributed by atoms with E-state index in [0.29, 0.717) is 35.3 Å². The number of hydrogen-bond donors (Lipinski definition) is 2. The Balaban J connectivity index is 1.52. The lowest BCUT2D eigenvalue weighted by Gasteiger charge is -2.10. The summed E-state index contributed by atoms with van der Waals surface area (Å²) in [4.78, 5) is 31.2. The molecule has 0 saturated heterocycles. The van der Waals surface area contributed by atoms with Gasteiger partial charge >= 0.3 is 0 Å². The fraction of sp³-hybridized carbons (Fsp3) is 0.227. The minimum absolute atomic E-state index is 0.131. The van der Waals surface area contributed by atoms with Crippen molar-refractivity contribution in [3.63, 3.8) is 0 Å². The van der Waals surface area contributed by atoms with E-state index in [2.05, 4.69) is 15.3 Å². The zero-order valence-corrected chi connectivity index (χ0v) is 17.6. The number of rotatable bonds is 9. The number of thioether (sulfide) groups is 1. The predicted octanol–water partition coefficient (Wildman–Crippen LogP) is 2.91. The molecule has 2 aromatic carbocycles. The molecule has 156 valence electrons. The number of aromatic amines is 1. The number of carbonyl (C=O) groups is 1. The Morgan fingerprint density at radius 2 is 1.83 bits per heavy atom. The highest BCUT2D eigenvalue weighted by atomic mass is 32.2. The molecule has 0 spiro atoms. The standard InChI is InChI=1S/C22H23N3O4S/c1-28-18-9-8-15(12-19(18)29-2)10-11-23-21(27)14-30-22-24-17(13-20(26)25-22)16-6-4-3-5-7-16/h3-9,12-13H,10-11,14H2,1-2H3,(H,23,27)(H,24,25,26). The molecule has 0 aliphatic rings. The first-order valence-electron chi connectivity index (χ1n) is 9.36. The Bertz CT molecular complexity index is 1050. The van der Waals surface area contributed by atoms with Gasteiger partial charge < -0.3 is 19.8 Å². The van der Waals surface area contributed by atoms with Crippen LogP contribution in [0.25, 0.3) is 11.3 Å². The second-order valence-electron chi connectivity index (χ2n) is 6.38. The van der Waals surface area contributed by atoms with E-state index in [9.17, 15) is 9.59 Å². The van der Waals surface area contributed by atoms with E-state index in [1.165, 1.54) is 17.8 Å². The summed E-state index contributed by atoms with van der Waals surface area (Å²) in [5.41, 5.74) is 2.21. The zero-order chi connectivity index (χ0) is 21.3. The molecule has 0 aliphatic heterocycles. The van der Waals surface area contributed by atoms with Crippen molar-refractivity contribution in [3.8, 4) is 22.8 Å². The van der Waals surface area contributed by atoms with Gasteiger partial charge in [0, 0.05) is 18.2 Å². The molecule has 0 radical (unpaired) electrons. The minimum atomic E-state index is -0.250. The van der Waals surface area contributed by atoms with Crippen molar-refractivity contribution in [1.29, 1.82) is 0 Å². The van der Waals surface area contributed by atoms with Gasteiger partial charge in [0.2, 0.25) is 5.91 Å². The van der Waals surface area contributed by atoms with Crippen LogP contribution in [0.15, 0.2) is 64.5 Å². The third-order valence-corrected chi connectivity index (χ3v) is 5.19. The molecule has 0 aliphatic carbocycles. The second kappa shape index (κ2) is 10.5. The van der Waals surface area contributed by atoms with Gasteiger partial charge in [-0.05, 0) is 24.1 Å². The van der Waals surface area contributed by atoms with Gasteiger partial charge in [-0.2, -0.15) is 0 Å². The van der Waals surface area contributed by atoms with Crippen molar-refractivity contribution in [2.75, 3.05) is 26.5 Å². The highest BCUT2D eigenvalue weighted by molar-refractivity contribution is 7.99. The third kappa shape index (κ3) is 5.87. The van der Waals surface area contributed by atoms with E-state index in [1.54, 1.807) is 14.2 Å². The molecule has 3 rings (SSSR count). The number of H-pyrrole nitrogens is 1. The molecule has 2 N–H and O–H groups in total. The van der Waals surface area contributed by atoms with E-state index in [1.807, 2.05) is 48.5 Å². The first-order chi connectivity index (χ1) is 14.6. The minimum Gasteiger partial charge on any atom is -0.493 e. The Morgan fingerprint density at radius 1 is 1.07 bits per heavy atom. The number of nitrogens with one attached hydrogen (secondary N) is 2. The highest BCUT2D eigenvalue weighted by Gasteiger charge is 2.09. The van der Waals surface area contributed by atoms with E-state index < -0.39 is 0 Å². The SMILES string of the molecule is COc1ccc(CCNC(=O)CSc2nc(-c3ccccc3)cc(=O)[nH]2)cc1OC. The monoisotopic (exact) mass is 425 g/mol. The lowest BCUT2D eigenvalue weighted by molar-refractivity contribution is -0.118. The van der Waals surface area contributed by atoms with Crippen molar-refractivity contribution < 1.29 is 14.3 Å². The zero-order valence-electron chi connectivity index (χ0n) is 16.8. The number of carbonyl (C=O) groups excluding carboxylic acids is 1. The number of aromatic nitrogens is 2. The van der Waals surface area contributed by atoms with Crippen LogP contribution in [-0.2, 0) is 11.2 Å². The molecule has 0 fully saturated rings. The summed E-state index contributed by atoms with van der Waals surface area (Å²) in [6.07, 6.45) is 0.662. The molecule has 1 amide bonds. The molecule has 30 heavy (non-hydrogen) atoms. The Hall–Kier alpha value is -3.26. The van der Waals surface area contributed by atoms with Crippen molar-refractivity contribution in [2.24, 2.45) is 0 Å². The summed E-state index contributed by atoms with van der Waals surface area (Å²) in [7, 11) is 3.18. The second-order valence-corrected chi connectivity index (χ2v) is 7.34. The van der Waals surface area contributed by atoms with Crippen LogP contribution in [-0.4, -0.2) is 42.4 Å². The Labute approximate surface area is 178 Å². The van der Waals surface area contributed by atoms with Crippen molar-refractivity contribution in [3.05, 3.63) is 70.5 Å². The van der Waals surface area contributed by atoms with Crippen molar-refractivity contribution >= 4 is 17.7 Å². The molecule has 7 nitrogen and oxygen atoms in total. The molecule has 0 bridgehead atoms. The van der Waals surface area contributed by atoms with E-state index in [-0.39, 0.29) is 17.2 Å². The van der Waals surface area contributed by atoms with E-state index >= 15 is 0 Å². The maximum atomic E-state index is 12.2. The molecular weight excluding hydrogens is 402 g/mol. The van der Waals surface area contributed by atoms with Gasteiger partial charge in [0.15, 0.2) is 16.7 Å². The lowest BCUT2D eigenvalue weighted by atomic mass is 10.1. The molecule has 1 aromatic heterocycles. The molecular formula is C22H23N3O4S. The number of methoxy groups -OCH3 is 2. The predicted molar refractivity (Wildman–Crippen MR) is 117 cm³/mol. The van der Waals surface area contributed by atoms with Gasteiger partial charge in [0.25, 0.3) is 5.56 Å². The molecule has 8 heteroatoms. The van der Waals surface area contributed by atoms with Crippen LogP contribution >= 0.6 is 11.8 Å². The average molecular weight is 426 g/mol. The summed E-state index contributed by atoms with van der Waals surface area (Å²) in [5, 5.41) is 3.29. The van der Waals surface area contributed by atoms with Gasteiger partial charge in [-0.1, -0.05) is 48.2 Å². The highest BCUT2D eigenvalue weighted by Crippen LogP contribution is 2.27. The summed E-state index contributed by atoms with van der Waals surface area (Å²) < 4.78 is 10.5. The number of nitrogens with zero attached hydrogens (tertiary/aromatic N) is 1. The van der Waals surface area contributed by atoms with Gasteiger partial charge in [-0.15, -0.1) is 0 Å². The fourth-order valence-electron chi connectivity index (χ4n) is 2.83. The first kappa shape index (κ1) is 21.4. The molecule has 1 heterocycles. The number of amides is 1. The average Bonchev–Trinajstić information content (AvgIpc) is 2.77. The summed E-state index contributed by atoms with van der Waals surface area (Å²) in [5.74, 6) is 1.35. The van der Waals surface area contributed by atoms with Gasteiger partial charge in [-0.25, -0.2) is 4.98 Å². The van der Waals surface area contributed by atoms with Crippen LogP contribution in [0.2, 0.25) is 0 Å². The van der Waals surface area contributed by atoms with Crippen molar-refractivity contribution in [2.45, 2.75) is 11.6 Å². The van der Waals surface area contributed by atoms with Gasteiger partial charge in [0.1, 0.15) is 0 Å². The third-order valence-electron chi connectivity index (χ3n) is 4.31. The fourth-order valence-corrected chi connectivity index (χ4v) is 3.53. The van der Waals surface area contributed by atoms with Crippen LogP contribution in [0.3, 0.4) is 0 Å². The van der Waals surface area contributed by atoms with Gasteiger partial charge in [0.05, 0.1) is 25.7 Å². The summed E-state index contributed by atoms with van der Waals surface area (Å²) in [6.45, 7) is 0.489. The van der Waals surface area contributed by atoms with Crippen LogP contribution in [0.4, 0.5) is 0 Å².